The molecule has 0 saturated heterocycles. The SMILES string of the molecule is CN=C(NCCNC(=O)c1ccccc1Cl)NCc1ccc(C)cc1OCCOC. The zero-order chi connectivity index (χ0) is 21.8. The predicted octanol–water partition coefficient (Wildman–Crippen LogP) is 2.77. The number of benzene rings is 2. The maximum Gasteiger partial charge on any atom is 0.252 e. The minimum Gasteiger partial charge on any atom is -0.491 e. The molecule has 0 bridgehead atoms. The second-order valence-corrected chi connectivity index (χ2v) is 6.95. The Morgan fingerprint density at radius 3 is 2.57 bits per heavy atom. The number of carbonyl (C=O) groups excluding carboxylic acids is 1. The fourth-order valence-corrected chi connectivity index (χ4v) is 2.90. The Morgan fingerprint density at radius 1 is 1.07 bits per heavy atom. The summed E-state index contributed by atoms with van der Waals surface area (Å²) in [5, 5.41) is 9.70. The van der Waals surface area contributed by atoms with E-state index in [4.69, 9.17) is 21.1 Å². The smallest absolute Gasteiger partial charge is 0.252 e. The van der Waals surface area contributed by atoms with Gasteiger partial charge in [0, 0.05) is 39.4 Å². The molecule has 30 heavy (non-hydrogen) atoms. The summed E-state index contributed by atoms with van der Waals surface area (Å²) in [5.74, 6) is 1.25. The van der Waals surface area contributed by atoms with Crippen molar-refractivity contribution in [1.29, 1.82) is 0 Å². The van der Waals surface area contributed by atoms with Gasteiger partial charge in [0.15, 0.2) is 5.96 Å². The number of rotatable bonds is 10. The predicted molar refractivity (Wildman–Crippen MR) is 121 cm³/mol. The Balaban J connectivity index is 1.80. The Morgan fingerprint density at radius 2 is 1.83 bits per heavy atom. The van der Waals surface area contributed by atoms with Crippen molar-refractivity contribution in [2.75, 3.05) is 40.5 Å². The highest BCUT2D eigenvalue weighted by molar-refractivity contribution is 6.33. The van der Waals surface area contributed by atoms with Crippen LogP contribution in [-0.4, -0.2) is 52.3 Å². The highest BCUT2D eigenvalue weighted by atomic mass is 35.5. The number of ether oxygens (including phenoxy) is 2. The van der Waals surface area contributed by atoms with E-state index in [0.29, 0.717) is 49.4 Å². The van der Waals surface area contributed by atoms with Gasteiger partial charge < -0.3 is 25.4 Å². The van der Waals surface area contributed by atoms with E-state index in [1.165, 1.54) is 0 Å². The van der Waals surface area contributed by atoms with Crippen molar-refractivity contribution in [2.45, 2.75) is 13.5 Å². The number of aryl methyl sites for hydroxylation is 1. The average Bonchev–Trinajstić information content (AvgIpc) is 2.74. The first kappa shape index (κ1) is 23.5. The number of guanidine groups is 1. The van der Waals surface area contributed by atoms with E-state index in [-0.39, 0.29) is 5.91 Å². The zero-order valence-electron chi connectivity index (χ0n) is 17.6. The Kier molecular flexibility index (Phi) is 9.97. The third-order valence-electron chi connectivity index (χ3n) is 4.26. The Labute approximate surface area is 182 Å². The lowest BCUT2D eigenvalue weighted by Gasteiger charge is -2.15. The van der Waals surface area contributed by atoms with E-state index in [9.17, 15) is 4.79 Å². The molecule has 0 radical (unpaired) electrons. The lowest BCUT2D eigenvalue weighted by atomic mass is 10.1. The van der Waals surface area contributed by atoms with Gasteiger partial charge >= 0.3 is 0 Å². The first-order chi connectivity index (χ1) is 14.5. The number of hydrogen-bond donors (Lipinski definition) is 3. The van der Waals surface area contributed by atoms with E-state index in [1.807, 2.05) is 25.1 Å². The summed E-state index contributed by atoms with van der Waals surface area (Å²) in [6, 6.07) is 13.0. The van der Waals surface area contributed by atoms with Gasteiger partial charge in [0.2, 0.25) is 0 Å². The van der Waals surface area contributed by atoms with E-state index in [0.717, 1.165) is 16.9 Å². The second kappa shape index (κ2) is 12.7. The third kappa shape index (κ3) is 7.57. The van der Waals surface area contributed by atoms with E-state index in [1.54, 1.807) is 38.4 Å². The van der Waals surface area contributed by atoms with Gasteiger partial charge in [-0.3, -0.25) is 9.79 Å². The number of aliphatic imine (C=N–C) groups is 1. The molecule has 8 heteroatoms. The monoisotopic (exact) mass is 432 g/mol. The third-order valence-corrected chi connectivity index (χ3v) is 4.59. The van der Waals surface area contributed by atoms with Crippen LogP contribution in [0, 0.1) is 6.92 Å². The van der Waals surface area contributed by atoms with Crippen LogP contribution in [0.3, 0.4) is 0 Å². The number of nitrogens with one attached hydrogen (secondary N) is 3. The van der Waals surface area contributed by atoms with Gasteiger partial charge in [0.1, 0.15) is 12.4 Å². The topological polar surface area (TPSA) is 84.0 Å². The number of hydrogen-bond acceptors (Lipinski definition) is 4. The molecule has 0 atom stereocenters. The van der Waals surface area contributed by atoms with Gasteiger partial charge in [-0.2, -0.15) is 0 Å². The number of nitrogens with zero attached hydrogens (tertiary/aromatic N) is 1. The Bertz CT molecular complexity index is 858. The molecule has 0 fully saturated rings. The molecule has 7 nitrogen and oxygen atoms in total. The van der Waals surface area contributed by atoms with Crippen LogP contribution >= 0.6 is 11.6 Å². The van der Waals surface area contributed by atoms with Gasteiger partial charge in [-0.15, -0.1) is 0 Å². The van der Waals surface area contributed by atoms with Crippen LogP contribution in [0.5, 0.6) is 5.75 Å². The van der Waals surface area contributed by atoms with Crippen LogP contribution in [0.2, 0.25) is 5.02 Å². The van der Waals surface area contributed by atoms with Crippen molar-refractivity contribution in [3.8, 4) is 5.75 Å². The highest BCUT2D eigenvalue weighted by Crippen LogP contribution is 2.20. The van der Waals surface area contributed by atoms with Crippen LogP contribution in [-0.2, 0) is 11.3 Å². The lowest BCUT2D eigenvalue weighted by molar-refractivity contribution is 0.0954. The maximum absolute atomic E-state index is 12.2. The fourth-order valence-electron chi connectivity index (χ4n) is 2.67. The summed E-state index contributed by atoms with van der Waals surface area (Å²) in [5.41, 5.74) is 2.61. The minimum absolute atomic E-state index is 0.206. The van der Waals surface area contributed by atoms with Crippen molar-refractivity contribution in [2.24, 2.45) is 4.99 Å². The average molecular weight is 433 g/mol. The standard InChI is InChI=1S/C22H29ClN4O3/c1-16-8-9-17(20(14-16)30-13-12-29-3)15-27-22(24-2)26-11-10-25-21(28)18-6-4-5-7-19(18)23/h4-9,14H,10-13,15H2,1-3H3,(H,25,28)(H2,24,26,27). The van der Waals surface area contributed by atoms with Crippen molar-refractivity contribution in [3.05, 3.63) is 64.2 Å². The van der Waals surface area contributed by atoms with Gasteiger partial charge in [-0.1, -0.05) is 35.9 Å². The summed E-state index contributed by atoms with van der Waals surface area (Å²) in [4.78, 5) is 16.4. The van der Waals surface area contributed by atoms with E-state index < -0.39 is 0 Å². The summed E-state index contributed by atoms with van der Waals surface area (Å²) >= 11 is 6.04. The quantitative estimate of drug-likeness (QED) is 0.305. The molecule has 0 unspecified atom stereocenters. The molecule has 0 aliphatic heterocycles. The minimum atomic E-state index is -0.206. The summed E-state index contributed by atoms with van der Waals surface area (Å²) < 4.78 is 10.9. The molecule has 0 saturated carbocycles. The van der Waals surface area contributed by atoms with Crippen molar-refractivity contribution in [1.82, 2.24) is 16.0 Å². The van der Waals surface area contributed by atoms with E-state index in [2.05, 4.69) is 20.9 Å². The molecule has 0 aliphatic rings. The van der Waals surface area contributed by atoms with E-state index >= 15 is 0 Å². The largest absolute Gasteiger partial charge is 0.491 e. The lowest BCUT2D eigenvalue weighted by Crippen LogP contribution is -2.41. The number of methoxy groups -OCH3 is 1. The number of carbonyl (C=O) groups is 1. The number of amides is 1. The maximum atomic E-state index is 12.2. The van der Waals surface area contributed by atoms with Crippen LogP contribution in [0.1, 0.15) is 21.5 Å². The molecule has 162 valence electrons. The summed E-state index contributed by atoms with van der Waals surface area (Å²) in [6.45, 7) is 4.54. The van der Waals surface area contributed by atoms with Gasteiger partial charge in [0.05, 0.1) is 17.2 Å². The molecule has 0 spiro atoms. The molecule has 0 aliphatic carbocycles. The highest BCUT2D eigenvalue weighted by Gasteiger charge is 2.09. The van der Waals surface area contributed by atoms with Gasteiger partial charge in [-0.25, -0.2) is 0 Å². The van der Waals surface area contributed by atoms with Crippen LogP contribution in [0.15, 0.2) is 47.5 Å². The second-order valence-electron chi connectivity index (χ2n) is 6.54. The molecule has 0 heterocycles. The normalized spacial score (nSPS) is 11.1. The van der Waals surface area contributed by atoms with Crippen LogP contribution < -0.4 is 20.7 Å². The first-order valence-electron chi connectivity index (χ1n) is 9.73. The van der Waals surface area contributed by atoms with Crippen molar-refractivity contribution >= 4 is 23.5 Å². The van der Waals surface area contributed by atoms with Crippen LogP contribution in [0.25, 0.3) is 0 Å². The van der Waals surface area contributed by atoms with Gasteiger partial charge in [0.25, 0.3) is 5.91 Å². The molecule has 2 rings (SSSR count). The fraction of sp³-hybridized carbons (Fsp3) is 0.364. The summed E-state index contributed by atoms with van der Waals surface area (Å²) in [7, 11) is 3.34. The number of halogens is 1. The molecular weight excluding hydrogens is 404 g/mol. The Hall–Kier alpha value is -2.77. The first-order valence-corrected chi connectivity index (χ1v) is 10.1. The molecule has 0 aromatic heterocycles. The van der Waals surface area contributed by atoms with Crippen LogP contribution in [0.4, 0.5) is 0 Å². The van der Waals surface area contributed by atoms with Crippen molar-refractivity contribution < 1.29 is 14.3 Å². The molecule has 2 aromatic carbocycles. The van der Waals surface area contributed by atoms with Gasteiger partial charge in [-0.05, 0) is 30.7 Å². The molecule has 2 aromatic rings. The molecule has 1 amide bonds. The zero-order valence-corrected chi connectivity index (χ0v) is 18.4. The van der Waals surface area contributed by atoms with Crippen molar-refractivity contribution in [3.63, 3.8) is 0 Å². The molecule has 3 N–H and O–H groups in total. The summed E-state index contributed by atoms with van der Waals surface area (Å²) in [6.07, 6.45) is 0. The molecular formula is C22H29ClN4O3.